The van der Waals surface area contributed by atoms with Crippen molar-refractivity contribution in [2.24, 2.45) is 0 Å². The summed E-state index contributed by atoms with van der Waals surface area (Å²) >= 11 is 0. The molecule has 0 aliphatic rings. The smallest absolute Gasteiger partial charge is 0.0911 e. The van der Waals surface area contributed by atoms with Crippen LogP contribution < -0.4 is 0 Å². The number of hydrogen-bond donors (Lipinski definition) is 0. The van der Waals surface area contributed by atoms with Crippen LogP contribution in [0.4, 0.5) is 0 Å². The molecule has 1 aromatic carbocycles. The van der Waals surface area contributed by atoms with Crippen LogP contribution in [0.2, 0.25) is 0 Å². The molecule has 16 heavy (non-hydrogen) atoms. The maximum absolute atomic E-state index is 8.50. The Morgan fingerprint density at radius 3 is 2.44 bits per heavy atom. The first-order chi connectivity index (χ1) is 7.63. The number of nitrogens with zero attached hydrogens (tertiary/aromatic N) is 1. The van der Waals surface area contributed by atoms with Crippen LogP contribution in [0.1, 0.15) is 44.2 Å². The lowest BCUT2D eigenvalue weighted by Gasteiger charge is -2.06. The van der Waals surface area contributed by atoms with E-state index in [2.05, 4.69) is 44.2 Å². The van der Waals surface area contributed by atoms with Crippen LogP contribution in [-0.2, 0) is 6.42 Å². The highest BCUT2D eigenvalue weighted by Crippen LogP contribution is 2.16. The Balaban J connectivity index is 2.57. The summed E-state index contributed by atoms with van der Waals surface area (Å²) in [6, 6.07) is 10.8. The molecule has 0 atom stereocenters. The van der Waals surface area contributed by atoms with Crippen molar-refractivity contribution < 1.29 is 0 Å². The highest BCUT2D eigenvalue weighted by molar-refractivity contribution is 5.25. The zero-order valence-corrected chi connectivity index (χ0v) is 10.3. The minimum absolute atomic E-state index is 0.592. The molecular weight excluding hydrogens is 194 g/mol. The molecule has 0 aromatic heterocycles. The number of benzene rings is 1. The van der Waals surface area contributed by atoms with Crippen molar-refractivity contribution in [2.45, 2.75) is 39.5 Å². The van der Waals surface area contributed by atoms with E-state index < -0.39 is 0 Å². The lowest BCUT2D eigenvalue weighted by Crippen LogP contribution is -1.90. The molecule has 1 aromatic rings. The summed E-state index contributed by atoms with van der Waals surface area (Å²) in [6.45, 7) is 6.41. The number of allylic oxidation sites excluding steroid dienone is 2. The molecule has 0 aliphatic heterocycles. The molecule has 0 radical (unpaired) electrons. The molecule has 0 heterocycles. The zero-order valence-electron chi connectivity index (χ0n) is 10.3. The Bertz CT molecular complexity index is 390. The average molecular weight is 213 g/mol. The summed E-state index contributed by atoms with van der Waals surface area (Å²) in [5.74, 6) is 0.592. The first-order valence-corrected chi connectivity index (χ1v) is 5.77. The van der Waals surface area contributed by atoms with Crippen molar-refractivity contribution in [3.8, 4) is 6.07 Å². The van der Waals surface area contributed by atoms with Gasteiger partial charge in [0.05, 0.1) is 6.07 Å². The van der Waals surface area contributed by atoms with Gasteiger partial charge in [0, 0.05) is 6.08 Å². The summed E-state index contributed by atoms with van der Waals surface area (Å²) in [5, 5.41) is 8.50. The van der Waals surface area contributed by atoms with Gasteiger partial charge in [0.1, 0.15) is 0 Å². The molecule has 0 N–H and O–H groups in total. The minimum Gasteiger partial charge on any atom is -0.193 e. The van der Waals surface area contributed by atoms with Gasteiger partial charge in [-0.1, -0.05) is 43.7 Å². The summed E-state index contributed by atoms with van der Waals surface area (Å²) in [7, 11) is 0. The van der Waals surface area contributed by atoms with Gasteiger partial charge in [0.25, 0.3) is 0 Å². The standard InChI is InChI=1S/C15H19N/c1-12(2)15-8-6-14(7-9-15)5-4-13(3)10-11-16/h6-10,12H,4-5H2,1-3H3. The predicted octanol–water partition coefficient (Wildman–Crippen LogP) is 4.21. The van der Waals surface area contributed by atoms with E-state index >= 15 is 0 Å². The molecule has 1 nitrogen and oxygen atoms in total. The fourth-order valence-electron chi connectivity index (χ4n) is 1.59. The van der Waals surface area contributed by atoms with Crippen LogP contribution in [0.5, 0.6) is 0 Å². The van der Waals surface area contributed by atoms with E-state index in [0.717, 1.165) is 18.4 Å². The average Bonchev–Trinajstić information content (AvgIpc) is 2.27. The lowest BCUT2D eigenvalue weighted by atomic mass is 9.99. The molecule has 1 heteroatoms. The molecule has 0 saturated heterocycles. The third-order valence-corrected chi connectivity index (χ3v) is 2.77. The Morgan fingerprint density at radius 1 is 1.31 bits per heavy atom. The fraction of sp³-hybridized carbons (Fsp3) is 0.400. The van der Waals surface area contributed by atoms with E-state index in [9.17, 15) is 0 Å². The van der Waals surface area contributed by atoms with E-state index in [0.29, 0.717) is 5.92 Å². The van der Waals surface area contributed by atoms with Crippen molar-refractivity contribution in [2.75, 3.05) is 0 Å². The van der Waals surface area contributed by atoms with Crippen LogP contribution in [0.25, 0.3) is 0 Å². The number of nitriles is 1. The third kappa shape index (κ3) is 3.90. The van der Waals surface area contributed by atoms with Crippen LogP contribution in [-0.4, -0.2) is 0 Å². The van der Waals surface area contributed by atoms with Gasteiger partial charge in [-0.05, 0) is 36.8 Å². The maximum Gasteiger partial charge on any atom is 0.0911 e. The summed E-state index contributed by atoms with van der Waals surface area (Å²) in [5.41, 5.74) is 3.87. The monoisotopic (exact) mass is 213 g/mol. The Labute approximate surface area is 98.4 Å². The van der Waals surface area contributed by atoms with Gasteiger partial charge in [-0.15, -0.1) is 0 Å². The van der Waals surface area contributed by atoms with Gasteiger partial charge in [-0.25, -0.2) is 0 Å². The second-order valence-corrected chi connectivity index (χ2v) is 4.52. The molecule has 1 rings (SSSR count). The molecule has 84 valence electrons. The van der Waals surface area contributed by atoms with E-state index in [1.807, 2.05) is 6.92 Å². The minimum atomic E-state index is 0.592. The normalized spacial score (nSPS) is 11.6. The summed E-state index contributed by atoms with van der Waals surface area (Å²) in [4.78, 5) is 0. The Morgan fingerprint density at radius 2 is 1.94 bits per heavy atom. The van der Waals surface area contributed by atoms with E-state index in [1.54, 1.807) is 6.08 Å². The summed E-state index contributed by atoms with van der Waals surface area (Å²) in [6.07, 6.45) is 3.61. The highest BCUT2D eigenvalue weighted by atomic mass is 14.2. The first kappa shape index (κ1) is 12.5. The molecule has 0 bridgehead atoms. The molecule has 0 fully saturated rings. The topological polar surface area (TPSA) is 23.8 Å². The van der Waals surface area contributed by atoms with Crippen LogP contribution >= 0.6 is 0 Å². The predicted molar refractivity (Wildman–Crippen MR) is 68.2 cm³/mol. The van der Waals surface area contributed by atoms with E-state index in [-0.39, 0.29) is 0 Å². The van der Waals surface area contributed by atoms with Crippen LogP contribution in [0.15, 0.2) is 35.9 Å². The molecule has 0 unspecified atom stereocenters. The van der Waals surface area contributed by atoms with Gasteiger partial charge < -0.3 is 0 Å². The quantitative estimate of drug-likeness (QED) is 0.687. The summed E-state index contributed by atoms with van der Waals surface area (Å²) < 4.78 is 0. The van der Waals surface area contributed by atoms with Gasteiger partial charge in [-0.2, -0.15) is 5.26 Å². The SMILES string of the molecule is CC(=CC#N)CCc1ccc(C(C)C)cc1. The van der Waals surface area contributed by atoms with Crippen molar-refractivity contribution in [1.82, 2.24) is 0 Å². The van der Waals surface area contributed by atoms with Crippen molar-refractivity contribution >= 4 is 0 Å². The highest BCUT2D eigenvalue weighted by Gasteiger charge is 1.99. The van der Waals surface area contributed by atoms with Crippen molar-refractivity contribution in [1.29, 1.82) is 5.26 Å². The van der Waals surface area contributed by atoms with E-state index in [1.165, 1.54) is 11.1 Å². The van der Waals surface area contributed by atoms with Gasteiger partial charge >= 0.3 is 0 Å². The van der Waals surface area contributed by atoms with Crippen LogP contribution in [0, 0.1) is 11.3 Å². The molecule has 0 aliphatic carbocycles. The van der Waals surface area contributed by atoms with Gasteiger partial charge in [0.2, 0.25) is 0 Å². The van der Waals surface area contributed by atoms with Gasteiger partial charge in [0.15, 0.2) is 0 Å². The number of rotatable bonds is 4. The number of aryl methyl sites for hydroxylation is 1. The zero-order chi connectivity index (χ0) is 12.0. The Kier molecular flexibility index (Phi) is 4.79. The Hall–Kier alpha value is -1.55. The second-order valence-electron chi connectivity index (χ2n) is 4.52. The number of hydrogen-bond acceptors (Lipinski definition) is 1. The third-order valence-electron chi connectivity index (χ3n) is 2.77. The first-order valence-electron chi connectivity index (χ1n) is 5.77. The fourth-order valence-corrected chi connectivity index (χ4v) is 1.59. The molecule has 0 saturated carbocycles. The van der Waals surface area contributed by atoms with Crippen molar-refractivity contribution in [3.05, 3.63) is 47.0 Å². The van der Waals surface area contributed by atoms with Crippen molar-refractivity contribution in [3.63, 3.8) is 0 Å². The lowest BCUT2D eigenvalue weighted by molar-refractivity contribution is 0.862. The second kappa shape index (κ2) is 6.12. The molecule has 0 spiro atoms. The van der Waals surface area contributed by atoms with Crippen LogP contribution in [0.3, 0.4) is 0 Å². The molecular formula is C15H19N. The maximum atomic E-state index is 8.50. The van der Waals surface area contributed by atoms with E-state index in [4.69, 9.17) is 5.26 Å². The van der Waals surface area contributed by atoms with Gasteiger partial charge in [-0.3, -0.25) is 0 Å². The molecule has 0 amide bonds. The largest absolute Gasteiger partial charge is 0.193 e.